The van der Waals surface area contributed by atoms with E-state index in [-0.39, 0.29) is 5.54 Å². The summed E-state index contributed by atoms with van der Waals surface area (Å²) >= 11 is 0. The molecule has 24 heavy (non-hydrogen) atoms. The predicted molar refractivity (Wildman–Crippen MR) is 104 cm³/mol. The molecule has 2 aliphatic rings. The topological polar surface area (TPSA) is 9.72 Å². The third kappa shape index (κ3) is 3.62. The highest BCUT2D eigenvalue weighted by molar-refractivity contribution is 5.57. The average molecular weight is 330 g/mol. The lowest BCUT2D eigenvalue weighted by Gasteiger charge is -2.39. The molecule has 2 heterocycles. The Morgan fingerprint density at radius 1 is 1.04 bits per heavy atom. The van der Waals surface area contributed by atoms with Crippen molar-refractivity contribution in [3.05, 3.63) is 29.8 Å². The molecule has 0 aromatic heterocycles. The van der Waals surface area contributed by atoms with Crippen molar-refractivity contribution in [2.45, 2.75) is 64.1 Å². The molecule has 0 bridgehead atoms. The Bertz CT molecular complexity index is 546. The molecule has 1 aromatic rings. The maximum atomic E-state index is 2.71. The fraction of sp³-hybridized carbons (Fsp3) is 0.714. The summed E-state index contributed by atoms with van der Waals surface area (Å²) in [6.07, 6.45) is 5.25. The Kier molecular flexibility index (Phi) is 5.22. The minimum Gasteiger partial charge on any atom is -0.367 e. The second kappa shape index (κ2) is 7.05. The smallest absolute Gasteiger partial charge is 0.0417 e. The van der Waals surface area contributed by atoms with E-state index >= 15 is 0 Å². The molecule has 0 spiro atoms. The molecule has 0 N–H and O–H groups in total. The van der Waals surface area contributed by atoms with Gasteiger partial charge < -0.3 is 9.80 Å². The monoisotopic (exact) mass is 329 g/mol. The van der Waals surface area contributed by atoms with Crippen LogP contribution in [0.5, 0.6) is 0 Å². The van der Waals surface area contributed by atoms with Gasteiger partial charge in [-0.1, -0.05) is 18.2 Å². The molecule has 0 saturated carbocycles. The molecule has 134 valence electrons. The Balaban J connectivity index is 1.91. The summed E-state index contributed by atoms with van der Waals surface area (Å²) < 4.78 is 0. The van der Waals surface area contributed by atoms with E-state index < -0.39 is 0 Å². The number of nitrogens with zero attached hydrogens (tertiary/aromatic N) is 3. The normalized spacial score (nSPS) is 25.8. The van der Waals surface area contributed by atoms with Crippen LogP contribution in [0.2, 0.25) is 0 Å². The van der Waals surface area contributed by atoms with Crippen LogP contribution in [0.1, 0.15) is 58.1 Å². The maximum absolute atomic E-state index is 2.71. The Hall–Kier alpha value is -1.06. The Labute approximate surface area is 148 Å². The number of benzene rings is 1. The van der Waals surface area contributed by atoms with Gasteiger partial charge in [-0.25, -0.2) is 0 Å². The van der Waals surface area contributed by atoms with E-state index in [0.29, 0.717) is 12.1 Å². The predicted octanol–water partition coefficient (Wildman–Crippen LogP) is 4.15. The first-order valence-corrected chi connectivity index (χ1v) is 9.65. The van der Waals surface area contributed by atoms with Crippen molar-refractivity contribution < 1.29 is 0 Å². The molecular formula is C21H35N3. The summed E-state index contributed by atoms with van der Waals surface area (Å²) in [5, 5.41) is 0. The van der Waals surface area contributed by atoms with Gasteiger partial charge in [-0.3, -0.25) is 4.90 Å². The van der Waals surface area contributed by atoms with Crippen LogP contribution in [-0.4, -0.2) is 55.1 Å². The number of likely N-dealkylation sites (tertiary alicyclic amines) is 1. The molecular weight excluding hydrogens is 294 g/mol. The first kappa shape index (κ1) is 17.8. The van der Waals surface area contributed by atoms with Gasteiger partial charge in [0.05, 0.1) is 0 Å². The lowest BCUT2D eigenvalue weighted by Crippen LogP contribution is -2.42. The molecule has 0 aliphatic carbocycles. The molecule has 2 aliphatic heterocycles. The largest absolute Gasteiger partial charge is 0.367 e. The van der Waals surface area contributed by atoms with Crippen LogP contribution in [0, 0.1) is 0 Å². The summed E-state index contributed by atoms with van der Waals surface area (Å²) in [6.45, 7) is 10.7. The lowest BCUT2D eigenvalue weighted by atomic mass is 9.97. The van der Waals surface area contributed by atoms with Crippen molar-refractivity contribution in [1.29, 1.82) is 0 Å². The van der Waals surface area contributed by atoms with Crippen molar-refractivity contribution in [1.82, 2.24) is 9.80 Å². The number of hydrogen-bond donors (Lipinski definition) is 0. The second-order valence-corrected chi connectivity index (χ2v) is 8.83. The summed E-state index contributed by atoms with van der Waals surface area (Å²) in [5.74, 6) is 0. The number of hydrogen-bond acceptors (Lipinski definition) is 3. The zero-order valence-corrected chi connectivity index (χ0v) is 16.3. The molecule has 2 atom stereocenters. The van der Waals surface area contributed by atoms with Crippen LogP contribution in [-0.2, 0) is 0 Å². The molecule has 0 amide bonds. The molecule has 1 aromatic carbocycles. The maximum Gasteiger partial charge on any atom is 0.0417 e. The van der Waals surface area contributed by atoms with Crippen molar-refractivity contribution >= 4 is 5.69 Å². The van der Waals surface area contributed by atoms with E-state index in [1.165, 1.54) is 44.5 Å². The van der Waals surface area contributed by atoms with E-state index in [1.807, 2.05) is 0 Å². The molecule has 2 fully saturated rings. The van der Waals surface area contributed by atoms with E-state index in [2.05, 4.69) is 73.8 Å². The number of para-hydroxylation sites is 1. The SMILES string of the molecule is CN(C)CC1CCCN1c1ccccc1[C@H]1CCCN1C(C)(C)C. The molecule has 1 unspecified atom stereocenters. The van der Waals surface area contributed by atoms with Gasteiger partial charge in [0.15, 0.2) is 0 Å². The first-order valence-electron chi connectivity index (χ1n) is 9.65. The third-order valence-electron chi connectivity index (χ3n) is 5.67. The van der Waals surface area contributed by atoms with Gasteiger partial charge in [0, 0.05) is 36.4 Å². The summed E-state index contributed by atoms with van der Waals surface area (Å²) in [4.78, 5) is 7.74. The molecule has 3 heteroatoms. The van der Waals surface area contributed by atoms with Gasteiger partial charge in [0.1, 0.15) is 0 Å². The molecule has 3 nitrogen and oxygen atoms in total. The van der Waals surface area contributed by atoms with Crippen molar-refractivity contribution in [2.75, 3.05) is 38.6 Å². The highest BCUT2D eigenvalue weighted by atomic mass is 15.3. The highest BCUT2D eigenvalue weighted by Gasteiger charge is 2.36. The summed E-state index contributed by atoms with van der Waals surface area (Å²) in [6, 6.07) is 10.4. The van der Waals surface area contributed by atoms with Crippen LogP contribution in [0.4, 0.5) is 5.69 Å². The number of likely N-dealkylation sites (N-methyl/N-ethyl adjacent to an activating group) is 1. The fourth-order valence-corrected chi connectivity index (χ4v) is 4.69. The van der Waals surface area contributed by atoms with E-state index in [9.17, 15) is 0 Å². The van der Waals surface area contributed by atoms with E-state index in [1.54, 1.807) is 5.56 Å². The van der Waals surface area contributed by atoms with Crippen molar-refractivity contribution in [2.24, 2.45) is 0 Å². The van der Waals surface area contributed by atoms with Gasteiger partial charge in [-0.2, -0.15) is 0 Å². The van der Waals surface area contributed by atoms with Crippen LogP contribution in [0.15, 0.2) is 24.3 Å². The van der Waals surface area contributed by atoms with Gasteiger partial charge in [0.2, 0.25) is 0 Å². The van der Waals surface area contributed by atoms with Gasteiger partial charge in [-0.15, -0.1) is 0 Å². The quantitative estimate of drug-likeness (QED) is 0.821. The fourth-order valence-electron chi connectivity index (χ4n) is 4.69. The molecule has 2 saturated heterocycles. The molecule has 3 rings (SSSR count). The van der Waals surface area contributed by atoms with E-state index in [0.717, 1.165) is 6.54 Å². The van der Waals surface area contributed by atoms with Gasteiger partial charge >= 0.3 is 0 Å². The van der Waals surface area contributed by atoms with E-state index in [4.69, 9.17) is 0 Å². The summed E-state index contributed by atoms with van der Waals surface area (Å²) in [5.41, 5.74) is 3.28. The van der Waals surface area contributed by atoms with Crippen molar-refractivity contribution in [3.8, 4) is 0 Å². The Morgan fingerprint density at radius 2 is 1.75 bits per heavy atom. The third-order valence-corrected chi connectivity index (χ3v) is 5.67. The Morgan fingerprint density at radius 3 is 2.46 bits per heavy atom. The first-order chi connectivity index (χ1) is 11.4. The molecule has 0 radical (unpaired) electrons. The van der Waals surface area contributed by atoms with Crippen LogP contribution in [0.3, 0.4) is 0 Å². The van der Waals surface area contributed by atoms with Gasteiger partial charge in [0.25, 0.3) is 0 Å². The zero-order valence-electron chi connectivity index (χ0n) is 16.3. The number of rotatable bonds is 4. The zero-order chi connectivity index (χ0) is 17.3. The van der Waals surface area contributed by atoms with Crippen LogP contribution < -0.4 is 4.90 Å². The van der Waals surface area contributed by atoms with Crippen molar-refractivity contribution in [3.63, 3.8) is 0 Å². The number of anilines is 1. The van der Waals surface area contributed by atoms with Gasteiger partial charge in [-0.05, 0) is 78.7 Å². The minimum atomic E-state index is 0.238. The lowest BCUT2D eigenvalue weighted by molar-refractivity contribution is 0.122. The standard InChI is InChI=1S/C21H35N3/c1-21(2,3)24-15-9-13-20(24)18-11-6-7-12-19(18)23-14-8-10-17(23)16-22(4)5/h6-7,11-12,17,20H,8-10,13-16H2,1-5H3/t17?,20-/m1/s1. The average Bonchev–Trinajstić information content (AvgIpc) is 3.14. The van der Waals surface area contributed by atoms with Crippen LogP contribution >= 0.6 is 0 Å². The highest BCUT2D eigenvalue weighted by Crippen LogP contribution is 2.42. The minimum absolute atomic E-state index is 0.238. The summed E-state index contributed by atoms with van der Waals surface area (Å²) in [7, 11) is 4.39. The second-order valence-electron chi connectivity index (χ2n) is 8.83. The van der Waals surface area contributed by atoms with Crippen LogP contribution in [0.25, 0.3) is 0 Å².